The molecular weight excluding hydrogens is 280 g/mol. The number of carbonyl (C=O) groups is 2. The molecule has 0 saturated heterocycles. The highest BCUT2D eigenvalue weighted by Crippen LogP contribution is 2.24. The van der Waals surface area contributed by atoms with Crippen molar-refractivity contribution >= 4 is 12.0 Å². The fraction of sp³-hybridized carbons (Fsp3) is 0.412. The van der Waals surface area contributed by atoms with Crippen LogP contribution in [0, 0.1) is 18.3 Å². The molecule has 2 rings (SSSR count). The molecule has 0 heterocycles. The van der Waals surface area contributed by atoms with Gasteiger partial charge in [-0.25, -0.2) is 4.79 Å². The Kier molecular flexibility index (Phi) is 5.42. The van der Waals surface area contributed by atoms with Crippen molar-refractivity contribution in [2.75, 3.05) is 0 Å². The van der Waals surface area contributed by atoms with Gasteiger partial charge in [-0.15, -0.1) is 6.42 Å². The van der Waals surface area contributed by atoms with Crippen LogP contribution in [0.3, 0.4) is 0 Å². The van der Waals surface area contributed by atoms with Gasteiger partial charge in [-0.1, -0.05) is 18.1 Å². The second-order valence-electron chi connectivity index (χ2n) is 5.56. The first kappa shape index (κ1) is 15.9. The number of carbonyl (C=O) groups excluding carboxylic acids is 1. The van der Waals surface area contributed by atoms with Crippen molar-refractivity contribution in [1.29, 1.82) is 0 Å². The van der Waals surface area contributed by atoms with E-state index in [1.807, 2.05) is 24.3 Å². The van der Waals surface area contributed by atoms with Crippen LogP contribution >= 0.6 is 0 Å². The number of hydrogen-bond acceptors (Lipinski definition) is 2. The lowest BCUT2D eigenvalue weighted by Gasteiger charge is -2.26. The molecule has 0 bridgehead atoms. The Morgan fingerprint density at radius 3 is 2.36 bits per heavy atom. The average Bonchev–Trinajstić information content (AvgIpc) is 2.54. The smallest absolute Gasteiger partial charge is 0.315 e. The minimum atomic E-state index is -0.738. The predicted octanol–water partition coefficient (Wildman–Crippen LogP) is 2.11. The van der Waals surface area contributed by atoms with Gasteiger partial charge < -0.3 is 15.7 Å². The van der Waals surface area contributed by atoms with Gasteiger partial charge in [0.15, 0.2) is 0 Å². The van der Waals surface area contributed by atoms with Gasteiger partial charge in [-0.2, -0.15) is 0 Å². The molecule has 0 spiro atoms. The number of urea groups is 1. The number of aliphatic carboxylic acids is 1. The van der Waals surface area contributed by atoms with E-state index in [-0.39, 0.29) is 18.0 Å². The highest BCUT2D eigenvalue weighted by atomic mass is 16.4. The lowest BCUT2D eigenvalue weighted by atomic mass is 9.86. The third-order valence-corrected chi connectivity index (χ3v) is 3.99. The minimum absolute atomic E-state index is 0.0550. The van der Waals surface area contributed by atoms with Crippen LogP contribution in [0.25, 0.3) is 0 Å². The molecular formula is C17H20N2O3. The monoisotopic (exact) mass is 300 g/mol. The van der Waals surface area contributed by atoms with Crippen LogP contribution in [0.5, 0.6) is 0 Å². The summed E-state index contributed by atoms with van der Waals surface area (Å²) in [6, 6.07) is 7.27. The lowest BCUT2D eigenvalue weighted by molar-refractivity contribution is -0.142. The van der Waals surface area contributed by atoms with Gasteiger partial charge >= 0.3 is 12.0 Å². The summed E-state index contributed by atoms with van der Waals surface area (Å²) in [7, 11) is 0. The summed E-state index contributed by atoms with van der Waals surface area (Å²) in [6.45, 7) is 0.432. The molecule has 1 aromatic rings. The molecule has 0 atom stereocenters. The minimum Gasteiger partial charge on any atom is -0.481 e. The van der Waals surface area contributed by atoms with E-state index in [4.69, 9.17) is 11.5 Å². The van der Waals surface area contributed by atoms with Crippen molar-refractivity contribution in [3.8, 4) is 12.3 Å². The summed E-state index contributed by atoms with van der Waals surface area (Å²) in [6.07, 6.45) is 7.95. The van der Waals surface area contributed by atoms with Crippen molar-refractivity contribution < 1.29 is 14.7 Å². The summed E-state index contributed by atoms with van der Waals surface area (Å²) in [4.78, 5) is 22.7. The van der Waals surface area contributed by atoms with Gasteiger partial charge in [0.05, 0.1) is 5.92 Å². The zero-order valence-electron chi connectivity index (χ0n) is 12.3. The summed E-state index contributed by atoms with van der Waals surface area (Å²) in [5, 5.41) is 14.6. The van der Waals surface area contributed by atoms with Crippen molar-refractivity contribution in [2.24, 2.45) is 5.92 Å². The maximum atomic E-state index is 11.9. The Hall–Kier alpha value is -2.48. The van der Waals surface area contributed by atoms with Crippen LogP contribution in [0.15, 0.2) is 24.3 Å². The number of terminal acetylenes is 1. The third kappa shape index (κ3) is 4.52. The second-order valence-corrected chi connectivity index (χ2v) is 5.56. The van der Waals surface area contributed by atoms with E-state index in [0.717, 1.165) is 11.1 Å². The molecule has 5 nitrogen and oxygen atoms in total. The molecule has 0 radical (unpaired) electrons. The molecule has 1 aliphatic carbocycles. The molecule has 2 amide bonds. The Morgan fingerprint density at radius 1 is 1.18 bits per heavy atom. The molecule has 116 valence electrons. The molecule has 1 aliphatic rings. The zero-order valence-corrected chi connectivity index (χ0v) is 12.3. The highest BCUT2D eigenvalue weighted by molar-refractivity contribution is 5.74. The van der Waals surface area contributed by atoms with Crippen LogP contribution in [-0.2, 0) is 11.3 Å². The number of carboxylic acids is 1. The second kappa shape index (κ2) is 7.51. The van der Waals surface area contributed by atoms with Gasteiger partial charge in [0, 0.05) is 18.2 Å². The molecule has 0 aliphatic heterocycles. The predicted molar refractivity (Wildman–Crippen MR) is 83.1 cm³/mol. The third-order valence-electron chi connectivity index (χ3n) is 3.99. The zero-order chi connectivity index (χ0) is 15.9. The van der Waals surface area contributed by atoms with Crippen LogP contribution in [-0.4, -0.2) is 23.1 Å². The summed E-state index contributed by atoms with van der Waals surface area (Å²) in [5.41, 5.74) is 1.78. The van der Waals surface area contributed by atoms with Crippen LogP contribution in [0.1, 0.15) is 36.8 Å². The first-order valence-corrected chi connectivity index (χ1v) is 7.41. The first-order chi connectivity index (χ1) is 10.6. The van der Waals surface area contributed by atoms with Gasteiger partial charge in [-0.3, -0.25) is 4.79 Å². The van der Waals surface area contributed by atoms with Crippen molar-refractivity contribution in [2.45, 2.75) is 38.3 Å². The lowest BCUT2D eigenvalue weighted by Crippen LogP contribution is -2.43. The quantitative estimate of drug-likeness (QED) is 0.745. The maximum Gasteiger partial charge on any atom is 0.315 e. The molecule has 1 aromatic carbocycles. The van der Waals surface area contributed by atoms with E-state index in [1.165, 1.54) is 0 Å². The normalized spacial score (nSPS) is 20.7. The summed E-state index contributed by atoms with van der Waals surface area (Å²) in [5.74, 6) is 1.54. The van der Waals surface area contributed by atoms with Crippen molar-refractivity contribution in [1.82, 2.24) is 10.6 Å². The van der Waals surface area contributed by atoms with Crippen LogP contribution in [0.4, 0.5) is 4.79 Å². The largest absolute Gasteiger partial charge is 0.481 e. The van der Waals surface area contributed by atoms with Gasteiger partial charge in [0.1, 0.15) is 0 Å². The molecule has 22 heavy (non-hydrogen) atoms. The summed E-state index contributed by atoms with van der Waals surface area (Å²) >= 11 is 0. The molecule has 5 heteroatoms. The molecule has 1 saturated carbocycles. The SMILES string of the molecule is C#Cc1ccc(CNC(=O)NC2CCC(C(=O)O)CC2)cc1. The van der Waals surface area contributed by atoms with E-state index in [9.17, 15) is 9.59 Å². The average molecular weight is 300 g/mol. The Balaban J connectivity index is 1.72. The fourth-order valence-electron chi connectivity index (χ4n) is 2.62. The van der Waals surface area contributed by atoms with Gasteiger partial charge in [0.25, 0.3) is 0 Å². The van der Waals surface area contributed by atoms with E-state index in [1.54, 1.807) is 0 Å². The first-order valence-electron chi connectivity index (χ1n) is 7.41. The Labute approximate surface area is 130 Å². The number of carboxylic acid groups (broad SMARTS) is 1. The van der Waals surface area contributed by atoms with E-state index < -0.39 is 5.97 Å². The maximum absolute atomic E-state index is 11.9. The number of nitrogens with one attached hydrogen (secondary N) is 2. The Bertz CT molecular complexity index is 567. The number of hydrogen-bond donors (Lipinski definition) is 3. The number of benzene rings is 1. The van der Waals surface area contributed by atoms with Crippen LogP contribution in [0.2, 0.25) is 0 Å². The highest BCUT2D eigenvalue weighted by Gasteiger charge is 2.26. The summed E-state index contributed by atoms with van der Waals surface area (Å²) < 4.78 is 0. The van der Waals surface area contributed by atoms with E-state index in [2.05, 4.69) is 16.6 Å². The molecule has 1 fully saturated rings. The van der Waals surface area contributed by atoms with E-state index >= 15 is 0 Å². The number of amides is 2. The molecule has 0 unspecified atom stereocenters. The number of rotatable bonds is 4. The van der Waals surface area contributed by atoms with E-state index in [0.29, 0.717) is 32.2 Å². The molecule has 3 N–H and O–H groups in total. The molecule has 0 aromatic heterocycles. The fourth-order valence-corrected chi connectivity index (χ4v) is 2.62. The van der Waals surface area contributed by atoms with Gasteiger partial charge in [0.2, 0.25) is 0 Å². The van der Waals surface area contributed by atoms with Crippen molar-refractivity contribution in [3.63, 3.8) is 0 Å². The van der Waals surface area contributed by atoms with Gasteiger partial charge in [-0.05, 0) is 43.4 Å². The van der Waals surface area contributed by atoms with Crippen molar-refractivity contribution in [3.05, 3.63) is 35.4 Å². The standard InChI is InChI=1S/C17H20N2O3/c1-2-12-3-5-13(6-4-12)11-18-17(22)19-15-9-7-14(8-10-15)16(20)21/h1,3-6,14-15H,7-11H2,(H,20,21)(H2,18,19,22). The topological polar surface area (TPSA) is 78.4 Å². The Morgan fingerprint density at radius 2 is 1.82 bits per heavy atom. The van der Waals surface area contributed by atoms with Crippen LogP contribution < -0.4 is 10.6 Å².